The molecule has 0 atom stereocenters. The van der Waals surface area contributed by atoms with Gasteiger partial charge in [-0.2, -0.15) is 6.42 Å². The topological polar surface area (TPSA) is 0 Å². The number of alkyl halides is 6. The predicted molar refractivity (Wildman–Crippen MR) is 25.6 cm³/mol. The molecule has 7 heteroatoms. The summed E-state index contributed by atoms with van der Waals surface area (Å²) in [6.45, 7) is 0.816. The molecule has 0 nitrogen and oxygen atoms in total. The van der Waals surface area contributed by atoms with Crippen molar-refractivity contribution in [1.29, 1.82) is 0 Å². The third-order valence-corrected chi connectivity index (χ3v) is 1.04. The van der Waals surface area contributed by atoms with Gasteiger partial charge in [-0.3, -0.25) is 0 Å². The summed E-state index contributed by atoms with van der Waals surface area (Å²) in [5.74, 6) is -2.34. The van der Waals surface area contributed by atoms with Gasteiger partial charge in [0.1, 0.15) is 0 Å². The van der Waals surface area contributed by atoms with E-state index in [-0.39, 0.29) is 18.9 Å². The van der Waals surface area contributed by atoms with Crippen molar-refractivity contribution in [2.45, 2.75) is 25.7 Å². The molecule has 0 aliphatic rings. The third-order valence-electron chi connectivity index (χ3n) is 1.04. The van der Waals surface area contributed by atoms with E-state index in [9.17, 15) is 26.3 Å². The Hall–Kier alpha value is 0.177. The first-order valence-electron chi connectivity index (χ1n) is 2.69. The summed E-state index contributed by atoms with van der Waals surface area (Å²) >= 11 is 0. The Morgan fingerprint density at radius 1 is 0.917 bits per heavy atom. The summed E-state index contributed by atoms with van der Waals surface area (Å²) in [5.41, 5.74) is 0. The summed E-state index contributed by atoms with van der Waals surface area (Å²) in [6.07, 6.45) is -11.6. The summed E-state index contributed by atoms with van der Waals surface area (Å²) < 4.78 is 68.8. The molecule has 0 heterocycles. The van der Waals surface area contributed by atoms with Crippen LogP contribution in [0.4, 0.5) is 26.3 Å². The maximum absolute atomic E-state index is 11.5. The maximum atomic E-state index is 11.5. The minimum absolute atomic E-state index is 0. The van der Waals surface area contributed by atoms with Gasteiger partial charge in [0.15, 0.2) is 0 Å². The van der Waals surface area contributed by atoms with Crippen molar-refractivity contribution < 1.29 is 45.2 Å². The van der Waals surface area contributed by atoms with Crippen LogP contribution in [0, 0.1) is 5.92 Å². The van der Waals surface area contributed by atoms with Gasteiger partial charge in [-0.1, -0.05) is 6.92 Å². The molecular formula is C5H5F6Li. The van der Waals surface area contributed by atoms with Crippen LogP contribution in [0.2, 0.25) is 0 Å². The number of rotatable bonds is 1. The Morgan fingerprint density at radius 2 is 1.17 bits per heavy atom. The van der Waals surface area contributed by atoms with E-state index in [2.05, 4.69) is 0 Å². The molecule has 0 N–H and O–H groups in total. The fraction of sp³-hybridized carbons (Fsp3) is 0.800. The van der Waals surface area contributed by atoms with Gasteiger partial charge in [0, 0.05) is 0 Å². The van der Waals surface area contributed by atoms with Gasteiger partial charge < -0.3 is 0 Å². The molecule has 0 rings (SSSR count). The molecule has 68 valence electrons. The Balaban J connectivity index is 0. The predicted octanol–water partition coefficient (Wildman–Crippen LogP) is 0.0995. The molecule has 0 saturated heterocycles. The fourth-order valence-electron chi connectivity index (χ4n) is 0.562. The van der Waals surface area contributed by atoms with Gasteiger partial charge in [-0.15, -0.1) is 5.92 Å². The molecule has 0 radical (unpaired) electrons. The molecule has 0 aromatic heterocycles. The standard InChI is InChI=1S/C5H5F6.Li/c1-2-3(4(6,7)8)5(9,10)11;/h2H2,1H3;/q-1;+1. The minimum atomic E-state index is -5.26. The molecule has 0 aromatic carbocycles. The first kappa shape index (κ1) is 14.7. The van der Waals surface area contributed by atoms with E-state index in [1.807, 2.05) is 0 Å². The number of hydrogen-bond acceptors (Lipinski definition) is 0. The Labute approximate surface area is 77.5 Å². The van der Waals surface area contributed by atoms with Crippen LogP contribution < -0.4 is 18.9 Å². The van der Waals surface area contributed by atoms with E-state index in [4.69, 9.17) is 0 Å². The van der Waals surface area contributed by atoms with Crippen molar-refractivity contribution in [3.63, 3.8) is 0 Å². The smallest absolute Gasteiger partial charge is 0.206 e. The molecule has 0 aliphatic carbocycles. The zero-order valence-corrected chi connectivity index (χ0v) is 6.47. The van der Waals surface area contributed by atoms with Gasteiger partial charge in [0.2, 0.25) is 0 Å². The van der Waals surface area contributed by atoms with Crippen LogP contribution in [0.15, 0.2) is 0 Å². The van der Waals surface area contributed by atoms with E-state index in [1.165, 1.54) is 0 Å². The first-order valence-corrected chi connectivity index (χ1v) is 2.69. The van der Waals surface area contributed by atoms with E-state index in [1.54, 1.807) is 0 Å². The quantitative estimate of drug-likeness (QED) is 0.309. The van der Waals surface area contributed by atoms with Crippen molar-refractivity contribution in [2.75, 3.05) is 0 Å². The van der Waals surface area contributed by atoms with Gasteiger partial charge in [0.05, 0.1) is 0 Å². The van der Waals surface area contributed by atoms with Crippen molar-refractivity contribution in [3.05, 3.63) is 5.92 Å². The molecule has 0 saturated carbocycles. The van der Waals surface area contributed by atoms with Gasteiger partial charge in [0.25, 0.3) is 12.4 Å². The molecule has 0 fully saturated rings. The molecule has 12 heavy (non-hydrogen) atoms. The van der Waals surface area contributed by atoms with Crippen molar-refractivity contribution in [3.8, 4) is 0 Å². The second-order valence-electron chi connectivity index (χ2n) is 1.83. The molecular weight excluding hydrogens is 181 g/mol. The minimum Gasteiger partial charge on any atom is -0.206 e. The van der Waals surface area contributed by atoms with Crippen LogP contribution in [0.3, 0.4) is 0 Å². The van der Waals surface area contributed by atoms with Gasteiger partial charge >= 0.3 is 18.9 Å². The average Bonchev–Trinajstić information content (AvgIpc) is 1.56. The molecule has 0 bridgehead atoms. The van der Waals surface area contributed by atoms with Crippen molar-refractivity contribution in [1.82, 2.24) is 0 Å². The summed E-state index contributed by atoms with van der Waals surface area (Å²) in [4.78, 5) is 0. The second kappa shape index (κ2) is 4.42. The Bertz CT molecular complexity index is 111. The van der Waals surface area contributed by atoms with Crippen LogP contribution in [-0.2, 0) is 0 Å². The monoisotopic (exact) mass is 186 g/mol. The zero-order valence-electron chi connectivity index (χ0n) is 6.47. The van der Waals surface area contributed by atoms with Crippen molar-refractivity contribution >= 4 is 0 Å². The van der Waals surface area contributed by atoms with E-state index in [0.717, 1.165) is 6.92 Å². The molecule has 0 amide bonds. The van der Waals surface area contributed by atoms with Crippen LogP contribution >= 0.6 is 0 Å². The number of hydrogen-bond donors (Lipinski definition) is 0. The average molecular weight is 186 g/mol. The van der Waals surface area contributed by atoms with Crippen molar-refractivity contribution in [2.24, 2.45) is 0 Å². The van der Waals surface area contributed by atoms with E-state index >= 15 is 0 Å². The van der Waals surface area contributed by atoms with E-state index < -0.39 is 24.7 Å². The van der Waals surface area contributed by atoms with Gasteiger partial charge in [-0.05, 0) is 0 Å². The van der Waals surface area contributed by atoms with E-state index in [0.29, 0.717) is 0 Å². The summed E-state index contributed by atoms with van der Waals surface area (Å²) in [6, 6.07) is 0. The zero-order chi connectivity index (χ0) is 9.28. The first-order chi connectivity index (χ1) is 4.69. The normalized spacial score (nSPS) is 13.0. The largest absolute Gasteiger partial charge is 1.00 e. The fourth-order valence-corrected chi connectivity index (χ4v) is 0.562. The van der Waals surface area contributed by atoms with Crippen LogP contribution in [0.5, 0.6) is 0 Å². The third kappa shape index (κ3) is 4.26. The maximum Gasteiger partial charge on any atom is 1.00 e. The second-order valence-corrected chi connectivity index (χ2v) is 1.83. The summed E-state index contributed by atoms with van der Waals surface area (Å²) in [7, 11) is 0. The van der Waals surface area contributed by atoms with Crippen LogP contribution in [0.1, 0.15) is 13.3 Å². The number of halogens is 6. The van der Waals surface area contributed by atoms with Crippen LogP contribution in [0.25, 0.3) is 0 Å². The van der Waals surface area contributed by atoms with Crippen LogP contribution in [-0.4, -0.2) is 12.4 Å². The Kier molecular flexibility index (Phi) is 5.41. The molecule has 0 unspecified atom stereocenters. The SMILES string of the molecule is CC[C-](C(F)(F)F)C(F)(F)F.[Li+]. The summed E-state index contributed by atoms with van der Waals surface area (Å²) in [5, 5.41) is 0. The molecule has 0 aromatic rings. The van der Waals surface area contributed by atoms with Gasteiger partial charge in [-0.25, -0.2) is 26.3 Å². The molecule has 0 spiro atoms. The Morgan fingerprint density at radius 3 is 1.17 bits per heavy atom. The molecule has 0 aliphatic heterocycles.